The topological polar surface area (TPSA) is 26.3 Å². The van der Waals surface area contributed by atoms with Gasteiger partial charge in [-0.2, -0.15) is 0 Å². The zero-order valence-corrected chi connectivity index (χ0v) is 11.5. The summed E-state index contributed by atoms with van der Waals surface area (Å²) in [4.78, 5) is 10.9. The first kappa shape index (κ1) is 14.0. The lowest BCUT2D eigenvalue weighted by Crippen LogP contribution is -2.13. The summed E-state index contributed by atoms with van der Waals surface area (Å²) in [5, 5.41) is 0. The Hall–Kier alpha value is -0.0900. The van der Waals surface area contributed by atoms with Gasteiger partial charge in [0.15, 0.2) is 0 Å². The van der Waals surface area contributed by atoms with Gasteiger partial charge in [0, 0.05) is 12.3 Å². The standard InChI is InChI=1S/C12H20O2S2/c1-14-11(13)8-5-9-16-12(15)10-6-3-2-4-7-10/h10H,2-9H2,1H3. The summed E-state index contributed by atoms with van der Waals surface area (Å²) in [5.41, 5.74) is 0. The number of esters is 1. The second-order valence-electron chi connectivity index (χ2n) is 4.18. The van der Waals surface area contributed by atoms with Crippen molar-refractivity contribution in [2.24, 2.45) is 5.92 Å². The zero-order valence-electron chi connectivity index (χ0n) is 9.87. The highest BCUT2D eigenvalue weighted by molar-refractivity contribution is 8.23. The molecule has 0 aromatic carbocycles. The largest absolute Gasteiger partial charge is 0.469 e. The first-order chi connectivity index (χ1) is 7.74. The van der Waals surface area contributed by atoms with Crippen LogP contribution < -0.4 is 0 Å². The Morgan fingerprint density at radius 2 is 2.06 bits per heavy atom. The van der Waals surface area contributed by atoms with Gasteiger partial charge >= 0.3 is 5.97 Å². The van der Waals surface area contributed by atoms with Crippen molar-refractivity contribution in [3.63, 3.8) is 0 Å². The zero-order chi connectivity index (χ0) is 11.8. The molecule has 92 valence electrons. The summed E-state index contributed by atoms with van der Waals surface area (Å²) < 4.78 is 5.75. The van der Waals surface area contributed by atoms with Gasteiger partial charge in [0.05, 0.1) is 11.3 Å². The second-order valence-corrected chi connectivity index (χ2v) is 6.02. The molecule has 4 heteroatoms. The van der Waals surface area contributed by atoms with Gasteiger partial charge in [-0.25, -0.2) is 0 Å². The molecule has 0 bridgehead atoms. The average Bonchev–Trinajstić information content (AvgIpc) is 2.35. The van der Waals surface area contributed by atoms with Crippen molar-refractivity contribution in [3.05, 3.63) is 0 Å². The highest BCUT2D eigenvalue weighted by Crippen LogP contribution is 2.29. The maximum Gasteiger partial charge on any atom is 0.305 e. The van der Waals surface area contributed by atoms with Gasteiger partial charge in [-0.05, 0) is 25.0 Å². The van der Waals surface area contributed by atoms with Gasteiger partial charge in [0.1, 0.15) is 0 Å². The number of thioether (sulfide) groups is 1. The molecule has 0 heterocycles. The number of hydrogen-bond acceptors (Lipinski definition) is 4. The molecule has 1 saturated carbocycles. The number of methoxy groups -OCH3 is 1. The molecule has 0 aromatic rings. The van der Waals surface area contributed by atoms with E-state index in [2.05, 4.69) is 4.74 Å². The van der Waals surface area contributed by atoms with E-state index >= 15 is 0 Å². The van der Waals surface area contributed by atoms with Gasteiger partial charge in [-0.1, -0.05) is 31.5 Å². The Morgan fingerprint density at radius 3 is 2.69 bits per heavy atom. The van der Waals surface area contributed by atoms with Gasteiger partial charge in [-0.3, -0.25) is 4.79 Å². The van der Waals surface area contributed by atoms with Crippen molar-refractivity contribution < 1.29 is 9.53 Å². The third-order valence-electron chi connectivity index (χ3n) is 2.94. The smallest absolute Gasteiger partial charge is 0.305 e. The minimum Gasteiger partial charge on any atom is -0.469 e. The molecule has 2 nitrogen and oxygen atoms in total. The minimum absolute atomic E-state index is 0.121. The van der Waals surface area contributed by atoms with Crippen LogP contribution in [-0.4, -0.2) is 23.0 Å². The predicted molar refractivity (Wildman–Crippen MR) is 72.9 cm³/mol. The number of carbonyl (C=O) groups is 1. The Morgan fingerprint density at radius 1 is 1.38 bits per heavy atom. The van der Waals surface area contributed by atoms with Crippen molar-refractivity contribution in [3.8, 4) is 0 Å². The van der Waals surface area contributed by atoms with Crippen LogP contribution in [0.4, 0.5) is 0 Å². The maximum atomic E-state index is 10.9. The van der Waals surface area contributed by atoms with E-state index in [1.165, 1.54) is 39.2 Å². The molecule has 0 aromatic heterocycles. The van der Waals surface area contributed by atoms with Crippen molar-refractivity contribution in [1.82, 2.24) is 0 Å². The molecule has 0 unspecified atom stereocenters. The molecular weight excluding hydrogens is 240 g/mol. The van der Waals surface area contributed by atoms with Gasteiger partial charge in [-0.15, -0.1) is 11.8 Å². The molecular formula is C12H20O2S2. The monoisotopic (exact) mass is 260 g/mol. The molecule has 0 amide bonds. The average molecular weight is 260 g/mol. The van der Waals surface area contributed by atoms with Crippen LogP contribution in [0.5, 0.6) is 0 Å². The fourth-order valence-electron chi connectivity index (χ4n) is 1.95. The summed E-state index contributed by atoms with van der Waals surface area (Å²) in [5.74, 6) is 1.47. The first-order valence-electron chi connectivity index (χ1n) is 5.97. The summed E-state index contributed by atoms with van der Waals surface area (Å²) >= 11 is 7.19. The minimum atomic E-state index is -0.121. The summed E-state index contributed by atoms with van der Waals surface area (Å²) in [6.07, 6.45) is 7.93. The molecule has 0 atom stereocenters. The van der Waals surface area contributed by atoms with Crippen molar-refractivity contribution in [1.29, 1.82) is 0 Å². The molecule has 1 aliphatic carbocycles. The van der Waals surface area contributed by atoms with Crippen LogP contribution in [0.15, 0.2) is 0 Å². The van der Waals surface area contributed by atoms with Crippen LogP contribution in [0.3, 0.4) is 0 Å². The maximum absolute atomic E-state index is 10.9. The normalized spacial score (nSPS) is 17.1. The molecule has 0 radical (unpaired) electrons. The van der Waals surface area contributed by atoms with E-state index in [0.717, 1.165) is 16.4 Å². The van der Waals surface area contributed by atoms with Crippen LogP contribution in [-0.2, 0) is 9.53 Å². The summed E-state index contributed by atoms with van der Waals surface area (Å²) in [7, 11) is 1.43. The SMILES string of the molecule is COC(=O)CCCSC(=S)C1CCCCC1. The van der Waals surface area contributed by atoms with Crippen LogP contribution in [0.25, 0.3) is 0 Å². The number of rotatable bonds is 5. The number of hydrogen-bond donors (Lipinski definition) is 0. The molecule has 0 N–H and O–H groups in total. The molecule has 1 rings (SSSR count). The quantitative estimate of drug-likeness (QED) is 0.429. The van der Waals surface area contributed by atoms with Crippen LogP contribution in [0, 0.1) is 5.92 Å². The van der Waals surface area contributed by atoms with Crippen molar-refractivity contribution >= 4 is 34.1 Å². The van der Waals surface area contributed by atoms with E-state index in [9.17, 15) is 4.79 Å². The Kier molecular flexibility index (Phi) is 7.05. The Balaban J connectivity index is 2.07. The van der Waals surface area contributed by atoms with E-state index in [1.807, 2.05) is 0 Å². The molecule has 0 spiro atoms. The predicted octanol–water partition coefficient (Wildman–Crippen LogP) is 3.58. The third kappa shape index (κ3) is 5.30. The summed E-state index contributed by atoms with van der Waals surface area (Å²) in [6, 6.07) is 0. The molecule has 0 saturated heterocycles. The third-order valence-corrected chi connectivity index (χ3v) is 4.73. The van der Waals surface area contributed by atoms with Gasteiger partial charge < -0.3 is 4.74 Å². The van der Waals surface area contributed by atoms with E-state index in [1.54, 1.807) is 11.8 Å². The van der Waals surface area contributed by atoms with Gasteiger partial charge in [0.2, 0.25) is 0 Å². The highest BCUT2D eigenvalue weighted by atomic mass is 32.2. The fourth-order valence-corrected chi connectivity index (χ4v) is 3.39. The van der Waals surface area contributed by atoms with Crippen LogP contribution >= 0.6 is 24.0 Å². The van der Waals surface area contributed by atoms with E-state index in [0.29, 0.717) is 12.3 Å². The highest BCUT2D eigenvalue weighted by Gasteiger charge is 2.17. The second kappa shape index (κ2) is 8.07. The van der Waals surface area contributed by atoms with Crippen molar-refractivity contribution in [2.75, 3.05) is 12.9 Å². The number of thiocarbonyl (C=S) groups is 1. The van der Waals surface area contributed by atoms with E-state index in [-0.39, 0.29) is 5.97 Å². The molecule has 1 aliphatic rings. The summed E-state index contributed by atoms with van der Waals surface area (Å²) in [6.45, 7) is 0. The lowest BCUT2D eigenvalue weighted by atomic mass is 9.91. The first-order valence-corrected chi connectivity index (χ1v) is 7.37. The van der Waals surface area contributed by atoms with Gasteiger partial charge in [0.25, 0.3) is 0 Å². The molecule has 1 fully saturated rings. The number of carbonyl (C=O) groups excluding carboxylic acids is 1. The lowest BCUT2D eigenvalue weighted by molar-refractivity contribution is -0.140. The van der Waals surface area contributed by atoms with E-state index < -0.39 is 0 Å². The van der Waals surface area contributed by atoms with E-state index in [4.69, 9.17) is 12.2 Å². The lowest BCUT2D eigenvalue weighted by Gasteiger charge is -2.21. The Bertz CT molecular complexity index is 235. The molecule has 16 heavy (non-hydrogen) atoms. The molecule has 0 aliphatic heterocycles. The van der Waals surface area contributed by atoms with Crippen LogP contribution in [0.1, 0.15) is 44.9 Å². The van der Waals surface area contributed by atoms with Crippen LogP contribution in [0.2, 0.25) is 0 Å². The number of ether oxygens (including phenoxy) is 1. The fraction of sp³-hybridized carbons (Fsp3) is 0.833. The van der Waals surface area contributed by atoms with Crippen molar-refractivity contribution in [2.45, 2.75) is 44.9 Å². The Labute approximate surface area is 108 Å².